The summed E-state index contributed by atoms with van der Waals surface area (Å²) in [6.07, 6.45) is 3.68. The van der Waals surface area contributed by atoms with Gasteiger partial charge < -0.3 is 14.5 Å². The predicted octanol–water partition coefficient (Wildman–Crippen LogP) is 19.8. The highest BCUT2D eigenvalue weighted by atomic mass is 16.5. The van der Waals surface area contributed by atoms with Crippen LogP contribution in [0.5, 0.6) is 11.5 Å². The Kier molecular flexibility index (Phi) is 9.16. The molecule has 0 saturated carbocycles. The summed E-state index contributed by atoms with van der Waals surface area (Å²) in [5, 5.41) is 1.91. The third-order valence-electron chi connectivity index (χ3n) is 15.9. The fourth-order valence-electron chi connectivity index (χ4n) is 11.7. The third-order valence-corrected chi connectivity index (χ3v) is 15.9. The molecule has 9 aromatic carbocycles. The minimum Gasteiger partial charge on any atom is -0.457 e. The van der Waals surface area contributed by atoms with Crippen LogP contribution in [0, 0.1) is 6.85 Å². The van der Waals surface area contributed by atoms with Gasteiger partial charge in [0.05, 0.1) is 39.1 Å². The first-order valence-corrected chi connectivity index (χ1v) is 26.8. The Hall–Kier alpha value is -8.67. The van der Waals surface area contributed by atoms with Gasteiger partial charge in [-0.25, -0.2) is 4.98 Å². The van der Waals surface area contributed by atoms with Crippen molar-refractivity contribution >= 4 is 44.6 Å². The molecular formula is C73H66N4O. The molecule has 3 heterocycles. The Morgan fingerprint density at radius 1 is 0.538 bits per heavy atom. The normalized spacial score (nSPS) is 16.8. The van der Waals surface area contributed by atoms with Gasteiger partial charge in [0.15, 0.2) is 0 Å². The molecule has 13 rings (SSSR count). The molecule has 0 radical (unpaired) electrons. The monoisotopic (exact) mass is 1030 g/mol. The lowest BCUT2D eigenvalue weighted by atomic mass is 9.63. The molecule has 384 valence electrons. The second-order valence-electron chi connectivity index (χ2n) is 23.1. The molecule has 5 heteroatoms. The fourth-order valence-corrected chi connectivity index (χ4v) is 11.7. The number of pyridine rings is 1. The van der Waals surface area contributed by atoms with Gasteiger partial charge >= 0.3 is 0 Å². The van der Waals surface area contributed by atoms with E-state index in [1.807, 2.05) is 147 Å². The molecule has 1 aliphatic heterocycles. The highest BCUT2D eigenvalue weighted by molar-refractivity contribution is 6.09. The quantitative estimate of drug-likeness (QED) is 0.144. The van der Waals surface area contributed by atoms with E-state index in [1.165, 1.54) is 11.1 Å². The molecule has 0 N–H and O–H groups in total. The van der Waals surface area contributed by atoms with Crippen molar-refractivity contribution in [1.82, 2.24) is 9.55 Å². The van der Waals surface area contributed by atoms with Crippen LogP contribution in [-0.4, -0.2) is 16.2 Å². The minimum absolute atomic E-state index is 0.0549. The van der Waals surface area contributed by atoms with Gasteiger partial charge in [-0.2, -0.15) is 0 Å². The molecule has 0 bridgehead atoms. The number of ether oxygens (including phenoxy) is 1. The lowest BCUT2D eigenvalue weighted by molar-refractivity contribution is 0.332. The molecule has 11 aromatic rings. The van der Waals surface area contributed by atoms with Gasteiger partial charge in [-0.3, -0.25) is 4.57 Å². The molecule has 2 aliphatic rings. The zero-order chi connectivity index (χ0) is 63.0. The van der Waals surface area contributed by atoms with E-state index < -0.39 is 42.5 Å². The van der Waals surface area contributed by atoms with Crippen molar-refractivity contribution in [3.05, 3.63) is 241 Å². The van der Waals surface area contributed by atoms with Gasteiger partial charge in [0.2, 0.25) is 0 Å². The van der Waals surface area contributed by atoms with Gasteiger partial charge in [-0.05, 0) is 141 Å². The summed E-state index contributed by atoms with van der Waals surface area (Å²) in [5.74, 6) is 1.56. The van der Waals surface area contributed by atoms with E-state index >= 15 is 0 Å². The van der Waals surface area contributed by atoms with Gasteiger partial charge in [0.25, 0.3) is 0 Å². The van der Waals surface area contributed by atoms with Crippen LogP contribution in [0.2, 0.25) is 0 Å². The molecular weight excluding hydrogens is 949 g/mol. The number of para-hydroxylation sites is 4. The Balaban J connectivity index is 0.960. The number of hydrogen-bond acceptors (Lipinski definition) is 4. The number of benzene rings is 9. The number of aromatic nitrogens is 2. The summed E-state index contributed by atoms with van der Waals surface area (Å²) in [5.41, 5.74) is 10.1. The second kappa shape index (κ2) is 18.8. The van der Waals surface area contributed by atoms with E-state index in [2.05, 4.69) is 73.9 Å². The Bertz CT molecular complexity index is 4690. The van der Waals surface area contributed by atoms with Crippen molar-refractivity contribution in [2.45, 2.75) is 84.4 Å². The highest BCUT2D eigenvalue weighted by Crippen LogP contribution is 2.53. The van der Waals surface area contributed by atoms with Crippen LogP contribution in [0.1, 0.15) is 98.6 Å². The number of rotatable bonds is 9. The Labute approximate surface area is 475 Å². The second-order valence-corrected chi connectivity index (χ2v) is 23.1. The standard InChI is InChI=1S/C73H66N4O/c1-48-39-69(74-46-62(48)50-23-13-10-14-24-50)77-65-30-16-15-27-60(65)61-35-34-57(45-68(61)77)78-56-26-19-25-55(44-56)75-47-76(67-32-18-17-31-66(67)75)70-58(51-33-36-63-64(43-51)73(7,8)38-37-72(63,5)6)28-20-29-59(70)53-40-52(49-21-11-9-12-22-49)41-54(42-53)71(2,3)4/h9-36,39-46H,37-38,47H2,1-8H3/i1D3,9D,11D,12D,21D,22D,40D,41D,42D. The van der Waals surface area contributed by atoms with Crippen molar-refractivity contribution < 1.29 is 19.8 Å². The molecule has 0 spiro atoms. The number of aryl methyl sites for hydroxylation is 1. The first-order valence-electron chi connectivity index (χ1n) is 32.3. The molecule has 2 aromatic heterocycles. The zero-order valence-electron chi connectivity index (χ0n) is 56.0. The third kappa shape index (κ3) is 8.62. The van der Waals surface area contributed by atoms with Crippen LogP contribution >= 0.6 is 0 Å². The van der Waals surface area contributed by atoms with E-state index in [0.717, 1.165) is 68.4 Å². The van der Waals surface area contributed by atoms with Gasteiger partial charge in [0.1, 0.15) is 24.0 Å². The van der Waals surface area contributed by atoms with E-state index in [-0.39, 0.29) is 63.4 Å². The van der Waals surface area contributed by atoms with Crippen LogP contribution in [0.3, 0.4) is 0 Å². The lowest BCUT2D eigenvalue weighted by Crippen LogP contribution is -2.33. The van der Waals surface area contributed by atoms with Crippen molar-refractivity contribution in [3.63, 3.8) is 0 Å². The molecule has 0 unspecified atom stereocenters. The highest BCUT2D eigenvalue weighted by Gasteiger charge is 2.38. The molecule has 0 saturated heterocycles. The summed E-state index contributed by atoms with van der Waals surface area (Å²) in [6, 6.07) is 50.3. The van der Waals surface area contributed by atoms with E-state index in [4.69, 9.17) is 20.7 Å². The first-order chi connectivity index (χ1) is 42.2. The number of hydrogen-bond donors (Lipinski definition) is 0. The largest absolute Gasteiger partial charge is 0.457 e. The molecule has 0 atom stereocenters. The molecule has 0 fully saturated rings. The summed E-state index contributed by atoms with van der Waals surface area (Å²) in [6.45, 7) is 12.7. The number of nitrogens with zero attached hydrogens (tertiary/aromatic N) is 4. The van der Waals surface area contributed by atoms with Gasteiger partial charge in [-0.1, -0.05) is 194 Å². The van der Waals surface area contributed by atoms with E-state index in [9.17, 15) is 4.11 Å². The van der Waals surface area contributed by atoms with Gasteiger partial charge in [-0.15, -0.1) is 0 Å². The van der Waals surface area contributed by atoms with Crippen LogP contribution in [0.15, 0.2) is 218 Å². The Morgan fingerprint density at radius 2 is 1.22 bits per heavy atom. The summed E-state index contributed by atoms with van der Waals surface area (Å²) < 4.78 is 109. The van der Waals surface area contributed by atoms with Crippen LogP contribution in [0.4, 0.5) is 22.7 Å². The van der Waals surface area contributed by atoms with E-state index in [1.54, 1.807) is 12.3 Å². The average molecular weight is 1030 g/mol. The maximum Gasteiger partial charge on any atom is 0.137 e. The molecule has 5 nitrogen and oxygen atoms in total. The topological polar surface area (TPSA) is 33.5 Å². The van der Waals surface area contributed by atoms with Crippen LogP contribution in [0.25, 0.3) is 72.1 Å². The first kappa shape index (κ1) is 38.0. The smallest absolute Gasteiger partial charge is 0.137 e. The number of fused-ring (bicyclic) bond motifs is 5. The van der Waals surface area contributed by atoms with Crippen molar-refractivity contribution in [2.75, 3.05) is 16.5 Å². The number of anilines is 4. The van der Waals surface area contributed by atoms with Crippen LogP contribution < -0.4 is 14.5 Å². The fraction of sp³-hybridized carbons (Fsp3) is 0.192. The maximum absolute atomic E-state index is 10.2. The van der Waals surface area contributed by atoms with Crippen molar-refractivity contribution in [1.29, 1.82) is 0 Å². The summed E-state index contributed by atoms with van der Waals surface area (Å²) in [7, 11) is 0. The Morgan fingerprint density at radius 3 is 2.00 bits per heavy atom. The minimum atomic E-state index is -2.43. The maximum atomic E-state index is 10.2. The zero-order valence-corrected chi connectivity index (χ0v) is 45.0. The average Bonchev–Trinajstić information content (AvgIpc) is 1.51. The molecule has 78 heavy (non-hydrogen) atoms. The van der Waals surface area contributed by atoms with Crippen LogP contribution in [-0.2, 0) is 16.2 Å². The predicted molar refractivity (Wildman–Crippen MR) is 328 cm³/mol. The summed E-state index contributed by atoms with van der Waals surface area (Å²) >= 11 is 0. The lowest BCUT2D eigenvalue weighted by Gasteiger charge is -2.42. The van der Waals surface area contributed by atoms with Crippen molar-refractivity contribution in [2.24, 2.45) is 0 Å². The summed E-state index contributed by atoms with van der Waals surface area (Å²) in [4.78, 5) is 9.33. The van der Waals surface area contributed by atoms with Crippen molar-refractivity contribution in [3.8, 4) is 61.8 Å². The molecule has 0 amide bonds. The SMILES string of the molecule is [2H]c1c([2H])c([2H])c(-c2c([2H])c(-c3cccc(-c4ccc5c(c4)C(C)(C)CCC5(C)C)c3N3CN(c4cccc(Oc5ccc6c7ccccc7n(-c7cc(C([2H])([2H])[2H])c(-c8ccccc8)cn7)c6c5)c4)c4ccccc43)c([2H])c(C(C)(C)C)c2[2H])c([2H])c1[2H]. The van der Waals surface area contributed by atoms with E-state index in [0.29, 0.717) is 34.1 Å². The molecule has 1 aliphatic carbocycles. The van der Waals surface area contributed by atoms with Gasteiger partial charge in [0, 0.05) is 55.6 Å².